The van der Waals surface area contributed by atoms with E-state index in [1.807, 2.05) is 76.4 Å². The van der Waals surface area contributed by atoms with Gasteiger partial charge in [0.2, 0.25) is 11.0 Å². The van der Waals surface area contributed by atoms with Crippen LogP contribution in [0.5, 0.6) is 11.5 Å². The van der Waals surface area contributed by atoms with Crippen molar-refractivity contribution in [1.29, 1.82) is 0 Å². The highest BCUT2D eigenvalue weighted by Crippen LogP contribution is 2.54. The number of anilines is 1. The molecule has 2 atom stereocenters. The predicted octanol–water partition coefficient (Wildman–Crippen LogP) is 6.87. The highest BCUT2D eigenvalue weighted by molar-refractivity contribution is 7.38. The van der Waals surface area contributed by atoms with Gasteiger partial charge in [0, 0.05) is 42.9 Å². The van der Waals surface area contributed by atoms with Gasteiger partial charge in [-0.25, -0.2) is 4.58 Å². The molecule has 0 saturated heterocycles. The Bertz CT molecular complexity index is 1750. The molecule has 2 unspecified atom stereocenters. The molecule has 0 bridgehead atoms. The van der Waals surface area contributed by atoms with Crippen LogP contribution < -0.4 is 19.6 Å². The summed E-state index contributed by atoms with van der Waals surface area (Å²) in [4.78, 5) is 11.7. The van der Waals surface area contributed by atoms with Crippen molar-refractivity contribution in [2.75, 3.05) is 33.1 Å². The Morgan fingerprint density at radius 1 is 0.821 bits per heavy atom. The van der Waals surface area contributed by atoms with E-state index in [4.69, 9.17) is 9.15 Å². The molecule has 0 aromatic heterocycles. The highest BCUT2D eigenvalue weighted by Gasteiger charge is 2.41. The van der Waals surface area contributed by atoms with Crippen LogP contribution in [-0.4, -0.2) is 33.1 Å². The fourth-order valence-corrected chi connectivity index (χ4v) is 5.64. The Hall–Kier alpha value is -3.99. The number of fused-ring (bicyclic) bond motifs is 4. The third-order valence-corrected chi connectivity index (χ3v) is 7.92. The van der Waals surface area contributed by atoms with Gasteiger partial charge in [-0.05, 0) is 72.0 Å². The molecule has 1 aliphatic carbocycles. The van der Waals surface area contributed by atoms with Gasteiger partial charge >= 0.3 is 8.03 Å². The summed E-state index contributed by atoms with van der Waals surface area (Å²) in [6.45, 7) is 4.05. The van der Waals surface area contributed by atoms with Crippen LogP contribution in [0.25, 0.3) is 22.3 Å². The van der Waals surface area contributed by atoms with E-state index in [-0.39, 0.29) is 0 Å². The summed E-state index contributed by atoms with van der Waals surface area (Å²) in [5, 5.41) is 2.30. The van der Waals surface area contributed by atoms with Crippen molar-refractivity contribution in [3.8, 4) is 22.8 Å². The first kappa shape index (κ1) is 26.6. The Labute approximate surface area is 229 Å². The molecular weight excluding hydrogens is 507 g/mol. The lowest BCUT2D eigenvalue weighted by atomic mass is 9.98. The summed E-state index contributed by atoms with van der Waals surface area (Å²) in [7, 11) is 5.60. The normalized spacial score (nSPS) is 14.0. The Morgan fingerprint density at radius 3 is 2.18 bits per heavy atom. The van der Waals surface area contributed by atoms with E-state index < -0.39 is 13.7 Å². The highest BCUT2D eigenvalue weighted by atomic mass is 31.1. The van der Waals surface area contributed by atoms with E-state index in [1.165, 1.54) is 5.56 Å². The minimum atomic E-state index is -2.37. The second kappa shape index (κ2) is 10.6. The molecule has 2 heterocycles. The Balaban J connectivity index is 0.000000160. The van der Waals surface area contributed by atoms with E-state index in [9.17, 15) is 9.46 Å². The van der Waals surface area contributed by atoms with Crippen LogP contribution >= 0.6 is 8.03 Å². The molecule has 198 valence electrons. The van der Waals surface area contributed by atoms with Gasteiger partial charge in [0.1, 0.15) is 36.9 Å². The van der Waals surface area contributed by atoms with Crippen LogP contribution in [0, 0.1) is 13.8 Å². The first-order valence-electron chi connectivity index (χ1n) is 12.8. The largest absolute Gasteiger partial charge is 0.518 e. The van der Waals surface area contributed by atoms with Crippen molar-refractivity contribution < 1.29 is 18.6 Å². The van der Waals surface area contributed by atoms with Gasteiger partial charge in [-0.1, -0.05) is 18.2 Å². The predicted molar refractivity (Wildman–Crippen MR) is 158 cm³/mol. The number of aryl methyl sites for hydroxylation is 2. The molecule has 0 amide bonds. The number of benzene rings is 4. The van der Waals surface area contributed by atoms with E-state index in [0.29, 0.717) is 11.5 Å². The van der Waals surface area contributed by atoms with Crippen LogP contribution in [0.4, 0.5) is 5.69 Å². The average Bonchev–Trinajstić information content (AvgIpc) is 2.89. The van der Waals surface area contributed by atoms with Gasteiger partial charge in [-0.15, -0.1) is 0 Å². The molecule has 6 nitrogen and oxygen atoms in total. The Morgan fingerprint density at radius 2 is 1.49 bits per heavy atom. The lowest BCUT2D eigenvalue weighted by Crippen LogP contribution is -2.21. The molecule has 0 radical (unpaired) electrons. The Kier molecular flexibility index (Phi) is 7.26. The zero-order valence-corrected chi connectivity index (χ0v) is 24.0. The smallest absolute Gasteiger partial charge is 0.456 e. The molecule has 3 aromatic carbocycles. The van der Waals surface area contributed by atoms with Crippen LogP contribution in [0.3, 0.4) is 0 Å². The molecule has 0 spiro atoms. The summed E-state index contributed by atoms with van der Waals surface area (Å²) in [6.07, 6.45) is 0. The summed E-state index contributed by atoms with van der Waals surface area (Å²) in [5.41, 5.74) is 6.36. The molecule has 3 aliphatic rings. The van der Waals surface area contributed by atoms with E-state index >= 15 is 0 Å². The summed E-state index contributed by atoms with van der Waals surface area (Å²) in [6, 6.07) is 26.2. The molecule has 0 saturated carbocycles. The van der Waals surface area contributed by atoms with E-state index in [2.05, 4.69) is 54.0 Å². The maximum atomic E-state index is 11.9. The molecule has 7 heteroatoms. The first-order valence-corrected chi connectivity index (χ1v) is 14.1. The van der Waals surface area contributed by atoms with Crippen LogP contribution in [0.2, 0.25) is 0 Å². The fraction of sp³-hybridized carbons (Fsp3) is 0.219. The van der Waals surface area contributed by atoms with Gasteiger partial charge in [0.05, 0.1) is 17.2 Å². The van der Waals surface area contributed by atoms with Gasteiger partial charge in [-0.3, -0.25) is 0 Å². The quantitative estimate of drug-likeness (QED) is 0.150. The van der Waals surface area contributed by atoms with Crippen LogP contribution in [0.15, 0.2) is 83.3 Å². The SMILES string of the molecule is Cc1ccc2c(c1)Oc1cc(N(C)C)ccc1C2[P+](=O)O.Cc1ccc2cc3ccc(=[N+](C)C)cc-3oc2c1. The van der Waals surface area contributed by atoms with Gasteiger partial charge < -0.3 is 14.1 Å². The molecule has 1 N–H and O–H groups in total. The van der Waals surface area contributed by atoms with Crippen LogP contribution in [-0.2, 0) is 4.57 Å². The number of nitrogens with zero attached hydrogens (tertiary/aromatic N) is 2. The molecule has 6 rings (SSSR count). The third kappa shape index (κ3) is 5.44. The summed E-state index contributed by atoms with van der Waals surface area (Å²) < 4.78 is 25.9. The molecule has 0 fully saturated rings. The monoisotopic (exact) mass is 540 g/mol. The maximum absolute atomic E-state index is 11.9. The van der Waals surface area contributed by atoms with E-state index in [1.54, 1.807) is 0 Å². The zero-order chi connectivity index (χ0) is 27.8. The van der Waals surface area contributed by atoms with E-state index in [0.717, 1.165) is 50.0 Å². The maximum Gasteiger partial charge on any atom is 0.518 e. The molecular formula is C32H33N2O4P+2. The number of hydrogen-bond acceptors (Lipinski definition) is 4. The van der Waals surface area contributed by atoms with Crippen molar-refractivity contribution >= 4 is 24.7 Å². The standard InChI is InChI=1S/C16H16NO3P.C16H16NO/c1-10-4-6-12-14(8-10)20-15-9-11(17(2)3)5-7-13(15)16(12)21(18)19;1-11-4-5-12-9-13-6-7-14(17(2)3)10-16(13)18-15(12)8-11/h4-9,16H,1-3H3;4-10H,1-3H3/q;+1/p+1. The van der Waals surface area contributed by atoms with Gasteiger partial charge in [0.25, 0.3) is 0 Å². The van der Waals surface area contributed by atoms with Crippen LogP contribution in [0.1, 0.15) is 27.9 Å². The topological polar surface area (TPSA) is 65.9 Å². The van der Waals surface area contributed by atoms with Gasteiger partial charge in [0.15, 0.2) is 0 Å². The van der Waals surface area contributed by atoms with Crippen molar-refractivity contribution in [2.45, 2.75) is 19.5 Å². The number of ether oxygens (including phenoxy) is 1. The summed E-state index contributed by atoms with van der Waals surface area (Å²) >= 11 is 0. The summed E-state index contributed by atoms with van der Waals surface area (Å²) in [5.74, 6) is 2.25. The van der Waals surface area contributed by atoms with Crippen molar-refractivity contribution in [3.63, 3.8) is 0 Å². The lowest BCUT2D eigenvalue weighted by Gasteiger charge is -2.23. The second-order valence-electron chi connectivity index (χ2n) is 10.4. The van der Waals surface area contributed by atoms with Gasteiger partial charge in [-0.2, -0.15) is 4.89 Å². The average molecular weight is 541 g/mol. The molecule has 2 aliphatic heterocycles. The van der Waals surface area contributed by atoms with Crippen molar-refractivity contribution in [3.05, 3.63) is 106 Å². The first-order chi connectivity index (χ1) is 18.6. The minimum absolute atomic E-state index is 0.532. The minimum Gasteiger partial charge on any atom is -0.456 e. The van der Waals surface area contributed by atoms with Crippen molar-refractivity contribution in [2.24, 2.45) is 0 Å². The number of hydrogen-bond donors (Lipinski definition) is 1. The second-order valence-corrected chi connectivity index (χ2v) is 11.5. The molecule has 39 heavy (non-hydrogen) atoms. The lowest BCUT2D eigenvalue weighted by molar-refractivity contribution is 0.446. The third-order valence-electron chi connectivity index (χ3n) is 6.93. The number of rotatable bonds is 2. The van der Waals surface area contributed by atoms with Crippen molar-refractivity contribution in [1.82, 2.24) is 4.58 Å². The fourth-order valence-electron chi connectivity index (χ4n) is 4.74. The zero-order valence-electron chi connectivity index (χ0n) is 23.1. The molecule has 3 aromatic rings.